The molecule has 1 amide bonds. The van der Waals surface area contributed by atoms with Crippen LogP contribution < -0.4 is 5.32 Å². The topological polar surface area (TPSA) is 88.8 Å². The van der Waals surface area contributed by atoms with Gasteiger partial charge in [-0.05, 0) is 71.9 Å². The highest BCUT2D eigenvalue weighted by Gasteiger charge is 2.25. The quantitative estimate of drug-likeness (QED) is 0.273. The first-order valence-electron chi connectivity index (χ1n) is 11.7. The second kappa shape index (κ2) is 11.5. The van der Waals surface area contributed by atoms with E-state index < -0.39 is 24.0 Å². The number of carboxylic acids is 1. The van der Waals surface area contributed by atoms with Gasteiger partial charge in [-0.3, -0.25) is 4.79 Å². The first-order chi connectivity index (χ1) is 17.4. The lowest BCUT2D eigenvalue weighted by Gasteiger charge is -2.19. The monoisotopic (exact) mass is 503 g/mol. The second-order valence-corrected chi connectivity index (χ2v) is 9.55. The van der Waals surface area contributed by atoms with Crippen molar-refractivity contribution in [2.75, 3.05) is 19.1 Å². The Labute approximate surface area is 214 Å². The normalized spacial score (nSPS) is 12.9. The maximum absolute atomic E-state index is 13.3. The fourth-order valence-corrected chi connectivity index (χ4v) is 4.77. The van der Waals surface area contributed by atoms with Gasteiger partial charge in [0.05, 0.1) is 0 Å². The number of methoxy groups -OCH3 is 1. The molecule has 6 nitrogen and oxygen atoms in total. The molecule has 0 aliphatic rings. The van der Waals surface area contributed by atoms with Crippen LogP contribution in [0.15, 0.2) is 77.2 Å². The number of para-hydroxylation sites is 1. The number of hydrogen-bond donors (Lipinski definition) is 2. The Morgan fingerprint density at radius 1 is 1.03 bits per heavy atom. The van der Waals surface area contributed by atoms with Gasteiger partial charge in [0.25, 0.3) is 5.91 Å². The smallest absolute Gasteiger partial charge is 0.326 e. The van der Waals surface area contributed by atoms with E-state index in [2.05, 4.69) is 5.32 Å². The zero-order valence-corrected chi connectivity index (χ0v) is 21.3. The molecule has 4 rings (SSSR count). The van der Waals surface area contributed by atoms with E-state index in [1.54, 1.807) is 24.9 Å². The number of fused-ring (bicyclic) bond motifs is 1. The summed E-state index contributed by atoms with van der Waals surface area (Å²) in [7, 11) is 1.62. The van der Waals surface area contributed by atoms with E-state index >= 15 is 0 Å². The molecule has 2 unspecified atom stereocenters. The summed E-state index contributed by atoms with van der Waals surface area (Å²) in [5, 5.41) is 13.3. The van der Waals surface area contributed by atoms with Crippen LogP contribution in [-0.2, 0) is 9.53 Å². The predicted molar refractivity (Wildman–Crippen MR) is 144 cm³/mol. The van der Waals surface area contributed by atoms with Crippen LogP contribution in [-0.4, -0.2) is 42.1 Å². The summed E-state index contributed by atoms with van der Waals surface area (Å²) in [4.78, 5) is 25.1. The number of rotatable bonds is 10. The first kappa shape index (κ1) is 25.5. The highest BCUT2D eigenvalue weighted by Crippen LogP contribution is 2.35. The van der Waals surface area contributed by atoms with Crippen molar-refractivity contribution in [2.45, 2.75) is 25.5 Å². The zero-order valence-electron chi connectivity index (χ0n) is 20.5. The average molecular weight is 504 g/mol. The van der Waals surface area contributed by atoms with Crippen molar-refractivity contribution >= 4 is 34.6 Å². The van der Waals surface area contributed by atoms with Gasteiger partial charge in [0.15, 0.2) is 0 Å². The van der Waals surface area contributed by atoms with Crippen molar-refractivity contribution in [3.05, 3.63) is 95.2 Å². The van der Waals surface area contributed by atoms with Gasteiger partial charge in [-0.25, -0.2) is 4.79 Å². The Morgan fingerprint density at radius 3 is 2.47 bits per heavy atom. The van der Waals surface area contributed by atoms with Gasteiger partial charge in [0.2, 0.25) is 0 Å². The van der Waals surface area contributed by atoms with E-state index in [1.807, 2.05) is 79.9 Å². The van der Waals surface area contributed by atoms with Crippen LogP contribution in [0.25, 0.3) is 22.1 Å². The molecular weight excluding hydrogens is 474 g/mol. The second-order valence-electron chi connectivity index (χ2n) is 8.57. The molecular formula is C29H29NO5S. The van der Waals surface area contributed by atoms with Gasteiger partial charge in [-0.15, -0.1) is 0 Å². The maximum atomic E-state index is 13.3. The van der Waals surface area contributed by atoms with Crippen LogP contribution in [0.4, 0.5) is 0 Å². The fourth-order valence-electron chi connectivity index (χ4n) is 4.30. The fraction of sp³-hybridized carbons (Fsp3) is 0.241. The molecule has 0 aliphatic carbocycles. The van der Waals surface area contributed by atoms with Crippen molar-refractivity contribution < 1.29 is 23.8 Å². The highest BCUT2D eigenvalue weighted by molar-refractivity contribution is 7.98. The average Bonchev–Trinajstić information content (AvgIpc) is 3.30. The predicted octanol–water partition coefficient (Wildman–Crippen LogP) is 6.08. The van der Waals surface area contributed by atoms with E-state index in [4.69, 9.17) is 9.15 Å². The van der Waals surface area contributed by atoms with Gasteiger partial charge in [-0.1, -0.05) is 48.5 Å². The maximum Gasteiger partial charge on any atom is 0.326 e. The number of aryl methyl sites for hydroxylation is 1. The molecule has 3 aromatic carbocycles. The summed E-state index contributed by atoms with van der Waals surface area (Å²) in [6.07, 6.45) is 1.77. The molecule has 2 atom stereocenters. The van der Waals surface area contributed by atoms with Gasteiger partial charge < -0.3 is 19.6 Å². The largest absolute Gasteiger partial charge is 0.480 e. The summed E-state index contributed by atoms with van der Waals surface area (Å²) in [6, 6.07) is 22.1. The van der Waals surface area contributed by atoms with Crippen LogP contribution in [0.2, 0.25) is 0 Å². The van der Waals surface area contributed by atoms with Gasteiger partial charge in [0, 0.05) is 18.1 Å². The number of benzene rings is 3. The Hall–Kier alpha value is -3.55. The highest BCUT2D eigenvalue weighted by atomic mass is 32.2. The van der Waals surface area contributed by atoms with Gasteiger partial charge in [0.1, 0.15) is 23.5 Å². The number of aliphatic carboxylic acids is 1. The molecule has 0 saturated carbocycles. The molecule has 0 aliphatic heterocycles. The Bertz CT molecular complexity index is 1350. The number of carbonyl (C=O) groups excluding carboxylic acids is 1. The molecule has 186 valence electrons. The molecule has 1 heterocycles. The minimum Gasteiger partial charge on any atom is -0.480 e. The van der Waals surface area contributed by atoms with Crippen molar-refractivity contribution in [3.8, 4) is 11.1 Å². The van der Waals surface area contributed by atoms with E-state index in [9.17, 15) is 14.7 Å². The lowest BCUT2D eigenvalue weighted by molar-refractivity contribution is -0.139. The van der Waals surface area contributed by atoms with Crippen molar-refractivity contribution in [2.24, 2.45) is 0 Å². The van der Waals surface area contributed by atoms with E-state index in [-0.39, 0.29) is 0 Å². The number of furan rings is 1. The van der Waals surface area contributed by atoms with Crippen LogP contribution in [0.3, 0.4) is 0 Å². The summed E-state index contributed by atoms with van der Waals surface area (Å²) in [6.45, 7) is 1.98. The third-order valence-electron chi connectivity index (χ3n) is 6.18. The Kier molecular flexibility index (Phi) is 8.13. The summed E-state index contributed by atoms with van der Waals surface area (Å²) < 4.78 is 11.9. The lowest BCUT2D eigenvalue weighted by atomic mass is 9.92. The summed E-state index contributed by atoms with van der Waals surface area (Å²) in [5.74, 6) is -0.176. The van der Waals surface area contributed by atoms with E-state index in [0.717, 1.165) is 27.7 Å². The lowest BCUT2D eigenvalue weighted by Crippen LogP contribution is -2.41. The SMILES string of the molecule is COC(c1ccc(C(=O)NC(CCSC)C(=O)O)c(-c2ccccc2C)c1)c1cc2ccccc2o1. The molecule has 0 bridgehead atoms. The van der Waals surface area contributed by atoms with Gasteiger partial charge in [-0.2, -0.15) is 11.8 Å². The minimum absolute atomic E-state index is 0.345. The molecule has 0 radical (unpaired) electrons. The van der Waals surface area contributed by atoms with Gasteiger partial charge >= 0.3 is 5.97 Å². The molecule has 1 aromatic heterocycles. The number of nitrogens with one attached hydrogen (secondary N) is 1. The van der Waals surface area contributed by atoms with Crippen LogP contribution >= 0.6 is 11.8 Å². The van der Waals surface area contributed by atoms with Crippen LogP contribution in [0.1, 0.15) is 39.8 Å². The Morgan fingerprint density at radius 2 is 1.78 bits per heavy atom. The third kappa shape index (κ3) is 5.48. The molecule has 0 saturated heterocycles. The van der Waals surface area contributed by atoms with E-state index in [0.29, 0.717) is 29.1 Å². The molecule has 0 spiro atoms. The zero-order chi connectivity index (χ0) is 25.7. The number of hydrogen-bond acceptors (Lipinski definition) is 5. The Balaban J connectivity index is 1.77. The summed E-state index contributed by atoms with van der Waals surface area (Å²) >= 11 is 1.54. The molecule has 4 aromatic rings. The number of ether oxygens (including phenoxy) is 1. The van der Waals surface area contributed by atoms with Crippen molar-refractivity contribution in [3.63, 3.8) is 0 Å². The number of thioether (sulfide) groups is 1. The summed E-state index contributed by atoms with van der Waals surface area (Å²) in [5.41, 5.74) is 4.59. The third-order valence-corrected chi connectivity index (χ3v) is 6.82. The van der Waals surface area contributed by atoms with Crippen LogP contribution in [0.5, 0.6) is 0 Å². The number of carboxylic acid groups (broad SMARTS) is 1. The molecule has 7 heteroatoms. The molecule has 2 N–H and O–H groups in total. The van der Waals surface area contributed by atoms with Crippen LogP contribution in [0, 0.1) is 6.92 Å². The van der Waals surface area contributed by atoms with Crippen molar-refractivity contribution in [1.82, 2.24) is 5.32 Å². The van der Waals surface area contributed by atoms with E-state index in [1.165, 1.54) is 0 Å². The standard InChI is InChI=1S/C29H29NO5S/c1-18-8-4-6-10-21(18)23-16-20(27(34-2)26-17-19-9-5-7-11-25(19)35-26)12-13-22(23)28(31)30-24(29(32)33)14-15-36-3/h4-13,16-17,24,27H,14-15H2,1-3H3,(H,30,31)(H,32,33). The first-order valence-corrected chi connectivity index (χ1v) is 13.1. The van der Waals surface area contributed by atoms with Crippen molar-refractivity contribution in [1.29, 1.82) is 0 Å². The molecule has 36 heavy (non-hydrogen) atoms. The number of carbonyl (C=O) groups is 2. The molecule has 0 fully saturated rings. The number of amides is 1. The minimum atomic E-state index is -1.05.